The first-order valence-corrected chi connectivity index (χ1v) is 10.2. The van der Waals surface area contributed by atoms with Crippen LogP contribution in [0.3, 0.4) is 0 Å². The molecule has 2 heteroatoms. The first-order valence-electron chi connectivity index (χ1n) is 8.38. The van der Waals surface area contributed by atoms with E-state index < -0.39 is 9.04 Å². The van der Waals surface area contributed by atoms with Crippen LogP contribution < -0.4 is 0 Å². The summed E-state index contributed by atoms with van der Waals surface area (Å²) >= 11 is 0. The minimum absolute atomic E-state index is 0.514. The monoisotopic (exact) mass is 291 g/mol. The van der Waals surface area contributed by atoms with Crippen LogP contribution in [-0.4, -0.2) is 15.6 Å². The highest BCUT2D eigenvalue weighted by Crippen LogP contribution is 2.12. The molecule has 1 aromatic carbocycles. The second kappa shape index (κ2) is 12.2. The van der Waals surface area contributed by atoms with Gasteiger partial charge < -0.3 is 4.43 Å². The standard InChI is InChI=1S/C18H31OSi/c1-3-5-16-20(17-6-4-2)19-15-11-10-14-18-12-8-7-9-13-18/h7-9,12-13H,3-6,10-11,14-17H2,1-2H3. The molecule has 113 valence electrons. The Kier molecular flexibility index (Phi) is 10.6. The Labute approximate surface area is 127 Å². The van der Waals surface area contributed by atoms with Gasteiger partial charge >= 0.3 is 0 Å². The topological polar surface area (TPSA) is 9.23 Å². The molecule has 1 aromatic rings. The number of unbranched alkanes of at least 4 members (excludes halogenated alkanes) is 3. The van der Waals surface area contributed by atoms with Gasteiger partial charge in [0.15, 0.2) is 0 Å². The maximum absolute atomic E-state index is 6.19. The maximum atomic E-state index is 6.19. The molecular formula is C18H31OSi. The van der Waals surface area contributed by atoms with Gasteiger partial charge in [0.25, 0.3) is 0 Å². The van der Waals surface area contributed by atoms with E-state index >= 15 is 0 Å². The number of benzene rings is 1. The van der Waals surface area contributed by atoms with Crippen molar-refractivity contribution in [3.8, 4) is 0 Å². The minimum atomic E-state index is -0.514. The summed E-state index contributed by atoms with van der Waals surface area (Å²) < 4.78 is 6.19. The summed E-state index contributed by atoms with van der Waals surface area (Å²) in [5, 5.41) is 0. The molecule has 1 rings (SSSR count). The molecule has 0 unspecified atom stereocenters. The summed E-state index contributed by atoms with van der Waals surface area (Å²) in [6.45, 7) is 5.53. The lowest BCUT2D eigenvalue weighted by molar-refractivity contribution is 0.305. The van der Waals surface area contributed by atoms with Crippen LogP contribution in [0.15, 0.2) is 30.3 Å². The second-order valence-electron chi connectivity index (χ2n) is 5.54. The fraction of sp³-hybridized carbons (Fsp3) is 0.667. The smallest absolute Gasteiger partial charge is 0.211 e. The molecule has 1 radical (unpaired) electrons. The predicted molar refractivity (Wildman–Crippen MR) is 90.5 cm³/mol. The number of hydrogen-bond acceptors (Lipinski definition) is 1. The molecule has 0 heterocycles. The van der Waals surface area contributed by atoms with Crippen molar-refractivity contribution in [2.75, 3.05) is 6.61 Å². The van der Waals surface area contributed by atoms with Gasteiger partial charge in [-0.25, -0.2) is 0 Å². The molecule has 0 amide bonds. The molecule has 0 bridgehead atoms. The van der Waals surface area contributed by atoms with Gasteiger partial charge in [-0.2, -0.15) is 0 Å². The zero-order chi connectivity index (χ0) is 14.5. The van der Waals surface area contributed by atoms with Crippen molar-refractivity contribution >= 4 is 9.04 Å². The van der Waals surface area contributed by atoms with Gasteiger partial charge in [0.05, 0.1) is 0 Å². The van der Waals surface area contributed by atoms with Crippen molar-refractivity contribution in [3.05, 3.63) is 35.9 Å². The highest BCUT2D eigenvalue weighted by molar-refractivity contribution is 6.51. The molecule has 0 saturated carbocycles. The molecule has 0 aliphatic heterocycles. The van der Waals surface area contributed by atoms with Crippen molar-refractivity contribution in [1.29, 1.82) is 0 Å². The van der Waals surface area contributed by atoms with E-state index in [1.54, 1.807) is 0 Å². The van der Waals surface area contributed by atoms with Crippen LogP contribution in [0, 0.1) is 0 Å². The number of rotatable bonds is 12. The summed E-state index contributed by atoms with van der Waals surface area (Å²) in [6, 6.07) is 13.5. The fourth-order valence-electron chi connectivity index (χ4n) is 2.31. The van der Waals surface area contributed by atoms with Gasteiger partial charge in [-0.1, -0.05) is 69.9 Å². The number of aryl methyl sites for hydroxylation is 1. The maximum Gasteiger partial charge on any atom is 0.211 e. The van der Waals surface area contributed by atoms with Gasteiger partial charge in [-0.05, 0) is 36.9 Å². The normalized spacial score (nSPS) is 11.2. The van der Waals surface area contributed by atoms with E-state index in [1.165, 1.54) is 62.6 Å². The summed E-state index contributed by atoms with van der Waals surface area (Å²) in [5.74, 6) is 0. The second-order valence-corrected chi connectivity index (χ2v) is 7.90. The van der Waals surface area contributed by atoms with Crippen LogP contribution >= 0.6 is 0 Å². The van der Waals surface area contributed by atoms with Crippen LogP contribution in [0.4, 0.5) is 0 Å². The van der Waals surface area contributed by atoms with E-state index in [-0.39, 0.29) is 0 Å². The third-order valence-corrected chi connectivity index (χ3v) is 6.06. The SMILES string of the molecule is CCCC[Si](CCCC)OCCCCc1ccccc1. The average molecular weight is 292 g/mol. The first kappa shape index (κ1) is 17.4. The molecule has 0 aliphatic rings. The quantitative estimate of drug-likeness (QED) is 0.359. The molecule has 0 N–H and O–H groups in total. The molecule has 0 saturated heterocycles. The third kappa shape index (κ3) is 8.54. The fourth-order valence-corrected chi connectivity index (χ4v) is 4.78. The summed E-state index contributed by atoms with van der Waals surface area (Å²) in [4.78, 5) is 0. The molecule has 20 heavy (non-hydrogen) atoms. The summed E-state index contributed by atoms with van der Waals surface area (Å²) in [6.07, 6.45) is 8.96. The van der Waals surface area contributed by atoms with Crippen LogP contribution in [0.5, 0.6) is 0 Å². The van der Waals surface area contributed by atoms with Crippen LogP contribution in [0.1, 0.15) is 57.9 Å². The highest BCUT2D eigenvalue weighted by atomic mass is 28.3. The van der Waals surface area contributed by atoms with Gasteiger partial charge in [-0.3, -0.25) is 0 Å². The molecule has 0 atom stereocenters. The minimum Gasteiger partial charge on any atom is -0.417 e. The summed E-state index contributed by atoms with van der Waals surface area (Å²) in [7, 11) is -0.514. The van der Waals surface area contributed by atoms with E-state index in [0.29, 0.717) is 0 Å². The van der Waals surface area contributed by atoms with E-state index in [1.807, 2.05) is 0 Å². The lowest BCUT2D eigenvalue weighted by atomic mass is 10.1. The largest absolute Gasteiger partial charge is 0.417 e. The van der Waals surface area contributed by atoms with E-state index in [9.17, 15) is 0 Å². The molecule has 0 spiro atoms. The molecule has 1 nitrogen and oxygen atoms in total. The van der Waals surface area contributed by atoms with Crippen molar-refractivity contribution in [2.24, 2.45) is 0 Å². The Balaban J connectivity index is 2.09. The Morgan fingerprint density at radius 3 is 2.10 bits per heavy atom. The Morgan fingerprint density at radius 2 is 1.50 bits per heavy atom. The zero-order valence-electron chi connectivity index (χ0n) is 13.4. The van der Waals surface area contributed by atoms with E-state index in [4.69, 9.17) is 4.43 Å². The predicted octanol–water partition coefficient (Wildman–Crippen LogP) is 5.62. The first-order chi connectivity index (χ1) is 9.86. The van der Waals surface area contributed by atoms with Crippen molar-refractivity contribution in [2.45, 2.75) is 70.9 Å². The van der Waals surface area contributed by atoms with Crippen LogP contribution in [0.2, 0.25) is 12.1 Å². The highest BCUT2D eigenvalue weighted by Gasteiger charge is 2.11. The summed E-state index contributed by atoms with van der Waals surface area (Å²) in [5.41, 5.74) is 1.45. The third-order valence-electron chi connectivity index (χ3n) is 3.63. The van der Waals surface area contributed by atoms with Gasteiger partial charge in [0.2, 0.25) is 9.04 Å². The lowest BCUT2D eigenvalue weighted by Gasteiger charge is -2.15. The average Bonchev–Trinajstić information content (AvgIpc) is 2.50. The Hall–Kier alpha value is -0.603. The van der Waals surface area contributed by atoms with Crippen molar-refractivity contribution < 1.29 is 4.43 Å². The van der Waals surface area contributed by atoms with Crippen LogP contribution in [-0.2, 0) is 10.8 Å². The van der Waals surface area contributed by atoms with E-state index in [0.717, 1.165) is 6.61 Å². The lowest BCUT2D eigenvalue weighted by Crippen LogP contribution is -2.18. The molecule has 0 aromatic heterocycles. The Bertz CT molecular complexity index is 304. The van der Waals surface area contributed by atoms with Gasteiger partial charge in [0, 0.05) is 6.61 Å². The van der Waals surface area contributed by atoms with Crippen molar-refractivity contribution in [3.63, 3.8) is 0 Å². The van der Waals surface area contributed by atoms with Crippen molar-refractivity contribution in [1.82, 2.24) is 0 Å². The van der Waals surface area contributed by atoms with Gasteiger partial charge in [-0.15, -0.1) is 0 Å². The molecular weight excluding hydrogens is 260 g/mol. The van der Waals surface area contributed by atoms with Gasteiger partial charge in [0.1, 0.15) is 0 Å². The zero-order valence-corrected chi connectivity index (χ0v) is 14.4. The van der Waals surface area contributed by atoms with Crippen LogP contribution in [0.25, 0.3) is 0 Å². The number of hydrogen-bond donors (Lipinski definition) is 0. The molecule has 0 fully saturated rings. The van der Waals surface area contributed by atoms with E-state index in [2.05, 4.69) is 44.2 Å². The molecule has 0 aliphatic carbocycles. The Morgan fingerprint density at radius 1 is 0.850 bits per heavy atom.